The number of allylic oxidation sites excluding steroid dienone is 14. The summed E-state index contributed by atoms with van der Waals surface area (Å²) in [6.07, 6.45) is 58.0. The third-order valence-corrected chi connectivity index (χ3v) is 8.68. The van der Waals surface area contributed by atoms with Crippen LogP contribution in [0.3, 0.4) is 0 Å². The minimum Gasteiger partial charge on any atom is -0.462 e. The van der Waals surface area contributed by atoms with E-state index >= 15 is 0 Å². The van der Waals surface area contributed by atoms with Gasteiger partial charge in [0, 0.05) is 12.8 Å². The van der Waals surface area contributed by atoms with Gasteiger partial charge < -0.3 is 14.6 Å². The van der Waals surface area contributed by atoms with E-state index in [2.05, 4.69) is 98.9 Å². The summed E-state index contributed by atoms with van der Waals surface area (Å²) < 4.78 is 10.6. The van der Waals surface area contributed by atoms with Crippen molar-refractivity contribution in [3.05, 3.63) is 85.1 Å². The molecule has 1 unspecified atom stereocenters. The van der Waals surface area contributed by atoms with Crippen molar-refractivity contribution in [1.29, 1.82) is 0 Å². The molecule has 0 aliphatic carbocycles. The highest BCUT2D eigenvalue weighted by atomic mass is 16.6. The molecule has 0 aliphatic rings. The molecule has 0 aromatic carbocycles. The van der Waals surface area contributed by atoms with E-state index in [9.17, 15) is 14.7 Å². The Morgan fingerprint density at radius 1 is 0.442 bits per heavy atom. The summed E-state index contributed by atoms with van der Waals surface area (Å²) in [6.45, 7) is 3.87. The molecule has 5 nitrogen and oxygen atoms in total. The number of ether oxygens (including phenoxy) is 2. The van der Waals surface area contributed by atoms with Crippen LogP contribution in [0.15, 0.2) is 85.1 Å². The fourth-order valence-corrected chi connectivity index (χ4v) is 5.56. The number of rotatable bonds is 37. The van der Waals surface area contributed by atoms with Crippen LogP contribution in [-0.4, -0.2) is 36.4 Å². The summed E-state index contributed by atoms with van der Waals surface area (Å²) >= 11 is 0. The summed E-state index contributed by atoms with van der Waals surface area (Å²) in [5.74, 6) is -0.633. The summed E-state index contributed by atoms with van der Waals surface area (Å²) in [6, 6.07) is 0. The minimum absolute atomic E-state index is 0.0857. The molecule has 1 N–H and O–H groups in total. The lowest BCUT2D eigenvalue weighted by Crippen LogP contribution is -2.28. The number of esters is 2. The van der Waals surface area contributed by atoms with Crippen LogP contribution in [0.5, 0.6) is 0 Å². The molecule has 1 atom stereocenters. The molecule has 0 rings (SSSR count). The van der Waals surface area contributed by atoms with Gasteiger partial charge in [0.05, 0.1) is 6.61 Å². The van der Waals surface area contributed by atoms with Crippen LogP contribution in [0.4, 0.5) is 0 Å². The van der Waals surface area contributed by atoms with Crippen LogP contribution >= 0.6 is 0 Å². The van der Waals surface area contributed by atoms with Crippen molar-refractivity contribution in [2.45, 2.75) is 187 Å². The van der Waals surface area contributed by atoms with Crippen molar-refractivity contribution in [3.63, 3.8) is 0 Å². The largest absolute Gasteiger partial charge is 0.462 e. The van der Waals surface area contributed by atoms with Gasteiger partial charge in [0.15, 0.2) is 6.10 Å². The van der Waals surface area contributed by atoms with E-state index in [-0.39, 0.29) is 25.2 Å². The monoisotopic (exact) mass is 723 g/mol. The quantitative estimate of drug-likeness (QED) is 0.0393. The van der Waals surface area contributed by atoms with E-state index in [1.165, 1.54) is 64.2 Å². The maximum absolute atomic E-state index is 12.2. The van der Waals surface area contributed by atoms with Gasteiger partial charge in [0.2, 0.25) is 0 Å². The van der Waals surface area contributed by atoms with Crippen molar-refractivity contribution < 1.29 is 24.2 Å². The molecule has 0 amide bonds. The second-order valence-electron chi connectivity index (χ2n) is 13.7. The molecule has 5 heteroatoms. The molecule has 0 aromatic heterocycles. The molecule has 0 aliphatic heterocycles. The fourth-order valence-electron chi connectivity index (χ4n) is 5.56. The lowest BCUT2D eigenvalue weighted by molar-refractivity contribution is -0.161. The van der Waals surface area contributed by atoms with Crippen LogP contribution in [0.1, 0.15) is 181 Å². The van der Waals surface area contributed by atoms with Crippen molar-refractivity contribution in [1.82, 2.24) is 0 Å². The van der Waals surface area contributed by atoms with E-state index in [1.54, 1.807) is 0 Å². The molecule has 0 aromatic rings. The van der Waals surface area contributed by atoms with E-state index in [0.29, 0.717) is 12.8 Å². The van der Waals surface area contributed by atoms with Crippen LogP contribution in [-0.2, 0) is 19.1 Å². The summed E-state index contributed by atoms with van der Waals surface area (Å²) in [5, 5.41) is 9.56. The third kappa shape index (κ3) is 39.9. The number of unbranched alkanes of at least 4 members (excludes halogenated alkanes) is 15. The SMILES string of the molecule is CC/C=C\C/C=C\C/C=C\C/C=C\CCCCCCCCCCCCCCC(=O)OC(CO)COC(=O)CCCCC/C=C\C/C=C\C/C=C\CC. The van der Waals surface area contributed by atoms with Gasteiger partial charge >= 0.3 is 11.9 Å². The number of aliphatic hydroxyl groups is 1. The molecule has 0 bridgehead atoms. The predicted octanol–water partition coefficient (Wildman–Crippen LogP) is 13.5. The molecule has 0 fully saturated rings. The van der Waals surface area contributed by atoms with Gasteiger partial charge in [-0.25, -0.2) is 0 Å². The first-order valence-corrected chi connectivity index (χ1v) is 21.1. The molecule has 0 spiro atoms. The predicted molar refractivity (Wildman–Crippen MR) is 223 cm³/mol. The number of aliphatic hydroxyl groups excluding tert-OH is 1. The summed E-state index contributed by atoms with van der Waals surface area (Å²) in [5.41, 5.74) is 0. The highest BCUT2D eigenvalue weighted by Crippen LogP contribution is 2.14. The maximum atomic E-state index is 12.2. The summed E-state index contributed by atoms with van der Waals surface area (Å²) in [7, 11) is 0. The van der Waals surface area contributed by atoms with E-state index in [0.717, 1.165) is 89.9 Å². The molecule has 0 heterocycles. The first kappa shape index (κ1) is 49.1. The van der Waals surface area contributed by atoms with Crippen molar-refractivity contribution in [2.75, 3.05) is 13.2 Å². The Labute approximate surface area is 320 Å². The Balaban J connectivity index is 3.56. The maximum Gasteiger partial charge on any atom is 0.306 e. The number of carbonyl (C=O) groups excluding carboxylic acids is 2. The van der Waals surface area contributed by atoms with Crippen LogP contribution in [0.2, 0.25) is 0 Å². The Bertz CT molecular complexity index is 999. The molecule has 0 radical (unpaired) electrons. The average Bonchev–Trinajstić information content (AvgIpc) is 3.15. The zero-order valence-electron chi connectivity index (χ0n) is 33.5. The topological polar surface area (TPSA) is 72.8 Å². The lowest BCUT2D eigenvalue weighted by Gasteiger charge is -2.15. The molecule has 296 valence electrons. The van der Waals surface area contributed by atoms with Gasteiger partial charge in [0.1, 0.15) is 6.61 Å². The van der Waals surface area contributed by atoms with Crippen molar-refractivity contribution >= 4 is 11.9 Å². The second-order valence-corrected chi connectivity index (χ2v) is 13.7. The number of hydrogen-bond acceptors (Lipinski definition) is 5. The molecular weight excluding hydrogens is 645 g/mol. The molecule has 0 saturated carbocycles. The van der Waals surface area contributed by atoms with Crippen molar-refractivity contribution in [2.24, 2.45) is 0 Å². The fraction of sp³-hybridized carbons (Fsp3) is 0.660. The van der Waals surface area contributed by atoms with Crippen LogP contribution in [0, 0.1) is 0 Å². The molecule has 0 saturated heterocycles. The average molecular weight is 723 g/mol. The first-order valence-electron chi connectivity index (χ1n) is 21.1. The van der Waals surface area contributed by atoms with E-state index in [1.807, 2.05) is 0 Å². The summed E-state index contributed by atoms with van der Waals surface area (Å²) in [4.78, 5) is 24.3. The molecule has 52 heavy (non-hydrogen) atoms. The zero-order valence-corrected chi connectivity index (χ0v) is 33.5. The lowest BCUT2D eigenvalue weighted by atomic mass is 10.0. The van der Waals surface area contributed by atoms with E-state index in [4.69, 9.17) is 9.47 Å². The highest BCUT2D eigenvalue weighted by molar-refractivity contribution is 5.70. The Morgan fingerprint density at radius 3 is 1.17 bits per heavy atom. The Morgan fingerprint density at radius 2 is 0.769 bits per heavy atom. The van der Waals surface area contributed by atoms with Gasteiger partial charge in [-0.3, -0.25) is 9.59 Å². The normalized spacial score (nSPS) is 13.1. The third-order valence-electron chi connectivity index (χ3n) is 8.68. The van der Waals surface area contributed by atoms with Crippen LogP contribution < -0.4 is 0 Å². The standard InChI is InChI=1S/C47H78O5/c1-3-5-7-9-11-13-15-17-18-19-20-21-22-23-24-25-26-27-28-30-32-34-36-38-40-42-47(50)52-45(43-48)44-51-46(49)41-39-37-35-33-31-29-16-14-12-10-8-6-4-2/h5-8,11-14,17-18,20-21,29,31,45,48H,3-4,9-10,15-16,19,22-28,30,32-44H2,1-2H3/b7-5-,8-6-,13-11-,14-12-,18-17-,21-20-,31-29-. The van der Waals surface area contributed by atoms with Gasteiger partial charge in [-0.15, -0.1) is 0 Å². The van der Waals surface area contributed by atoms with Gasteiger partial charge in [0.25, 0.3) is 0 Å². The van der Waals surface area contributed by atoms with Gasteiger partial charge in [-0.05, 0) is 83.5 Å². The van der Waals surface area contributed by atoms with Crippen LogP contribution in [0.25, 0.3) is 0 Å². The Kier molecular flexibility index (Phi) is 40.1. The Hall–Kier alpha value is -2.92. The van der Waals surface area contributed by atoms with E-state index < -0.39 is 6.10 Å². The zero-order chi connectivity index (χ0) is 37.8. The van der Waals surface area contributed by atoms with Gasteiger partial charge in [-0.2, -0.15) is 0 Å². The smallest absolute Gasteiger partial charge is 0.306 e. The highest BCUT2D eigenvalue weighted by Gasteiger charge is 2.16. The van der Waals surface area contributed by atoms with Gasteiger partial charge in [-0.1, -0.05) is 170 Å². The first-order chi connectivity index (χ1) is 25.6. The number of hydrogen-bond donors (Lipinski definition) is 1. The number of carbonyl (C=O) groups is 2. The second kappa shape index (κ2) is 42.5. The minimum atomic E-state index is -0.788. The van der Waals surface area contributed by atoms with Crippen molar-refractivity contribution in [3.8, 4) is 0 Å². The molecular formula is C47H78O5.